The number of carbonyl (C=O) groups excluding carboxylic acids is 3. The normalized spacial score (nSPS) is 14.2. The van der Waals surface area contributed by atoms with Gasteiger partial charge in [-0.15, -0.1) is 0 Å². The minimum absolute atomic E-state index is 0.163. The number of thioether (sulfide) groups is 1. The van der Waals surface area contributed by atoms with Gasteiger partial charge in [0.2, 0.25) is 5.91 Å². The van der Waals surface area contributed by atoms with E-state index in [0.717, 1.165) is 26.7 Å². The number of hydrogen-bond acceptors (Lipinski definition) is 6. The Hall–Kier alpha value is -3.15. The molecular formula is C27H21Br2FN2O5S. The van der Waals surface area contributed by atoms with E-state index in [-0.39, 0.29) is 4.91 Å². The van der Waals surface area contributed by atoms with Crippen LogP contribution in [0.2, 0.25) is 0 Å². The molecule has 1 heterocycles. The number of rotatable bonds is 9. The number of halogens is 3. The average molecular weight is 664 g/mol. The standard InChI is InChI=1S/C27H21Br2FN2O5S/c1-2-36-22-11-17(21(29)13-23(22)37-15-16-3-5-18(28)6-4-16)12-24-26(34)32(27(35)38-24)14-25(33)31-20-9-7-19(30)8-10-20/h3-13H,2,14-15H2,1H3,(H,31,33)/b24-12-. The number of imide groups is 1. The quantitative estimate of drug-likeness (QED) is 0.248. The average Bonchev–Trinajstić information content (AvgIpc) is 3.14. The molecule has 1 aliphatic rings. The van der Waals surface area contributed by atoms with Crippen LogP contribution < -0.4 is 14.8 Å². The number of nitrogens with zero attached hydrogens (tertiary/aromatic N) is 1. The van der Waals surface area contributed by atoms with Gasteiger partial charge in [-0.2, -0.15) is 0 Å². The highest BCUT2D eigenvalue weighted by Crippen LogP contribution is 2.38. The molecule has 0 bridgehead atoms. The van der Waals surface area contributed by atoms with Crippen molar-refractivity contribution in [3.63, 3.8) is 0 Å². The van der Waals surface area contributed by atoms with E-state index in [0.29, 0.717) is 40.4 Å². The first kappa shape index (κ1) is 27.9. The molecule has 7 nitrogen and oxygen atoms in total. The monoisotopic (exact) mass is 662 g/mol. The molecule has 3 aromatic rings. The van der Waals surface area contributed by atoms with Gasteiger partial charge in [-0.25, -0.2) is 4.39 Å². The number of hydrogen-bond donors (Lipinski definition) is 1. The van der Waals surface area contributed by atoms with E-state index < -0.39 is 29.4 Å². The lowest BCUT2D eigenvalue weighted by Gasteiger charge is -2.14. The summed E-state index contributed by atoms with van der Waals surface area (Å²) in [5.41, 5.74) is 1.94. The molecule has 0 radical (unpaired) electrons. The van der Waals surface area contributed by atoms with Crippen LogP contribution in [0.4, 0.5) is 14.9 Å². The summed E-state index contributed by atoms with van der Waals surface area (Å²) in [4.78, 5) is 38.8. The molecule has 11 heteroatoms. The molecule has 0 atom stereocenters. The maximum atomic E-state index is 13.1. The Kier molecular flexibility index (Phi) is 9.24. The van der Waals surface area contributed by atoms with E-state index >= 15 is 0 Å². The summed E-state index contributed by atoms with van der Waals surface area (Å²) in [7, 11) is 0. The molecule has 196 valence electrons. The Morgan fingerprint density at radius 3 is 2.39 bits per heavy atom. The first-order chi connectivity index (χ1) is 18.2. The third-order valence-electron chi connectivity index (χ3n) is 5.26. The lowest BCUT2D eigenvalue weighted by molar-refractivity contribution is -0.127. The largest absolute Gasteiger partial charge is 0.490 e. The van der Waals surface area contributed by atoms with Crippen molar-refractivity contribution in [3.8, 4) is 11.5 Å². The van der Waals surface area contributed by atoms with Gasteiger partial charge in [-0.1, -0.05) is 44.0 Å². The molecule has 1 N–H and O–H groups in total. The van der Waals surface area contributed by atoms with Gasteiger partial charge in [0.1, 0.15) is 19.0 Å². The summed E-state index contributed by atoms with van der Waals surface area (Å²) >= 11 is 7.66. The van der Waals surface area contributed by atoms with Crippen molar-refractivity contribution < 1.29 is 28.2 Å². The minimum Gasteiger partial charge on any atom is -0.490 e. The SMILES string of the molecule is CCOc1cc(/C=C2\SC(=O)N(CC(=O)Nc3ccc(F)cc3)C2=O)c(Br)cc1OCc1ccc(Br)cc1. The molecular weight excluding hydrogens is 643 g/mol. The van der Waals surface area contributed by atoms with Crippen molar-refractivity contribution in [1.82, 2.24) is 4.90 Å². The fourth-order valence-electron chi connectivity index (χ4n) is 3.44. The highest BCUT2D eigenvalue weighted by molar-refractivity contribution is 9.10. The van der Waals surface area contributed by atoms with E-state index in [9.17, 15) is 18.8 Å². The van der Waals surface area contributed by atoms with Crippen LogP contribution >= 0.6 is 43.6 Å². The van der Waals surface area contributed by atoms with Crippen LogP contribution in [0.15, 0.2) is 74.5 Å². The Balaban J connectivity index is 1.48. The Bertz CT molecular complexity index is 1400. The molecule has 4 rings (SSSR count). The van der Waals surface area contributed by atoms with Crippen LogP contribution in [-0.4, -0.2) is 35.1 Å². The van der Waals surface area contributed by atoms with E-state index in [1.807, 2.05) is 31.2 Å². The lowest BCUT2D eigenvalue weighted by Crippen LogP contribution is -2.36. The van der Waals surface area contributed by atoms with Gasteiger partial charge >= 0.3 is 0 Å². The second-order valence-electron chi connectivity index (χ2n) is 7.99. The maximum Gasteiger partial charge on any atom is 0.294 e. The maximum absolute atomic E-state index is 13.1. The fourth-order valence-corrected chi connectivity index (χ4v) is 4.97. The predicted octanol–water partition coefficient (Wildman–Crippen LogP) is 7.00. The number of anilines is 1. The van der Waals surface area contributed by atoms with Gasteiger partial charge in [0, 0.05) is 14.6 Å². The van der Waals surface area contributed by atoms with Crippen molar-refractivity contribution in [2.45, 2.75) is 13.5 Å². The molecule has 1 fully saturated rings. The molecule has 0 saturated carbocycles. The van der Waals surface area contributed by atoms with Crippen molar-refractivity contribution in [1.29, 1.82) is 0 Å². The lowest BCUT2D eigenvalue weighted by atomic mass is 10.1. The van der Waals surface area contributed by atoms with Gasteiger partial charge in [0.05, 0.1) is 11.5 Å². The summed E-state index contributed by atoms with van der Waals surface area (Å²) in [6, 6.07) is 16.4. The summed E-state index contributed by atoms with van der Waals surface area (Å²) in [5.74, 6) is -0.606. The minimum atomic E-state index is -0.588. The van der Waals surface area contributed by atoms with Crippen molar-refractivity contribution in [3.05, 3.63) is 91.5 Å². The second-order valence-corrected chi connectivity index (χ2v) is 10.8. The summed E-state index contributed by atoms with van der Waals surface area (Å²) < 4.78 is 26.4. The van der Waals surface area contributed by atoms with Crippen molar-refractivity contribution >= 4 is 72.4 Å². The van der Waals surface area contributed by atoms with Crippen LogP contribution in [0.25, 0.3) is 6.08 Å². The molecule has 0 unspecified atom stereocenters. The Morgan fingerprint density at radius 1 is 1.03 bits per heavy atom. The third-order valence-corrected chi connectivity index (χ3v) is 7.38. The van der Waals surface area contributed by atoms with Gasteiger partial charge in [-0.3, -0.25) is 19.3 Å². The smallest absolute Gasteiger partial charge is 0.294 e. The molecule has 1 saturated heterocycles. The third kappa shape index (κ3) is 7.03. The van der Waals surface area contributed by atoms with E-state index in [4.69, 9.17) is 9.47 Å². The van der Waals surface area contributed by atoms with Crippen LogP contribution in [0.3, 0.4) is 0 Å². The first-order valence-electron chi connectivity index (χ1n) is 11.4. The van der Waals surface area contributed by atoms with Crippen LogP contribution in [-0.2, 0) is 16.2 Å². The zero-order valence-corrected chi connectivity index (χ0v) is 24.0. The number of benzene rings is 3. The van der Waals surface area contributed by atoms with Crippen LogP contribution in [0.5, 0.6) is 11.5 Å². The van der Waals surface area contributed by atoms with Gasteiger partial charge in [-0.05, 0) is 84.4 Å². The fraction of sp³-hybridized carbons (Fsp3) is 0.148. The van der Waals surface area contributed by atoms with Gasteiger partial charge in [0.15, 0.2) is 11.5 Å². The predicted molar refractivity (Wildman–Crippen MR) is 151 cm³/mol. The molecule has 3 amide bonds. The van der Waals surface area contributed by atoms with Crippen molar-refractivity contribution in [2.75, 3.05) is 18.5 Å². The van der Waals surface area contributed by atoms with Crippen LogP contribution in [0, 0.1) is 5.82 Å². The van der Waals surface area contributed by atoms with E-state index in [1.165, 1.54) is 24.3 Å². The highest BCUT2D eigenvalue weighted by atomic mass is 79.9. The Morgan fingerprint density at radius 2 is 1.71 bits per heavy atom. The molecule has 38 heavy (non-hydrogen) atoms. The summed E-state index contributed by atoms with van der Waals surface area (Å²) in [6.07, 6.45) is 1.56. The number of carbonyl (C=O) groups is 3. The number of amides is 3. The summed E-state index contributed by atoms with van der Waals surface area (Å²) in [5, 5.41) is 1.98. The topological polar surface area (TPSA) is 84.9 Å². The zero-order chi connectivity index (χ0) is 27.2. The molecule has 0 aromatic heterocycles. The molecule has 1 aliphatic heterocycles. The zero-order valence-electron chi connectivity index (χ0n) is 20.0. The second kappa shape index (κ2) is 12.6. The highest BCUT2D eigenvalue weighted by Gasteiger charge is 2.36. The van der Waals surface area contributed by atoms with Crippen molar-refractivity contribution in [2.24, 2.45) is 0 Å². The Labute approximate surface area is 239 Å². The first-order valence-corrected chi connectivity index (χ1v) is 13.8. The molecule has 0 spiro atoms. The number of nitrogens with one attached hydrogen (secondary N) is 1. The summed E-state index contributed by atoms with van der Waals surface area (Å²) in [6.45, 7) is 2.11. The van der Waals surface area contributed by atoms with Crippen LogP contribution in [0.1, 0.15) is 18.1 Å². The molecule has 3 aromatic carbocycles. The van der Waals surface area contributed by atoms with E-state index in [2.05, 4.69) is 37.2 Å². The number of ether oxygens (including phenoxy) is 2. The van der Waals surface area contributed by atoms with E-state index in [1.54, 1.807) is 18.2 Å². The van der Waals surface area contributed by atoms with Gasteiger partial charge in [0.25, 0.3) is 11.1 Å². The molecule has 0 aliphatic carbocycles. The van der Waals surface area contributed by atoms with Gasteiger partial charge < -0.3 is 14.8 Å².